The van der Waals surface area contributed by atoms with E-state index in [-0.39, 0.29) is 0 Å². The van der Waals surface area contributed by atoms with E-state index in [0.717, 1.165) is 19.1 Å². The molecule has 0 bridgehead atoms. The van der Waals surface area contributed by atoms with Gasteiger partial charge in [-0.05, 0) is 30.3 Å². The van der Waals surface area contributed by atoms with Crippen LogP contribution < -0.4 is 0 Å². The summed E-state index contributed by atoms with van der Waals surface area (Å²) in [5.74, 6) is 1.38. The summed E-state index contributed by atoms with van der Waals surface area (Å²) in [5.41, 5.74) is 2.98. The van der Waals surface area contributed by atoms with Crippen LogP contribution in [-0.2, 0) is 9.47 Å². The van der Waals surface area contributed by atoms with E-state index in [1.165, 1.54) is 37.7 Å². The second kappa shape index (κ2) is 7.88. The van der Waals surface area contributed by atoms with Crippen LogP contribution in [0.1, 0.15) is 46.0 Å². The highest BCUT2D eigenvalue weighted by Crippen LogP contribution is 2.35. The van der Waals surface area contributed by atoms with E-state index < -0.39 is 0 Å². The zero-order valence-electron chi connectivity index (χ0n) is 11.9. The Balaban J connectivity index is 2.88. The summed E-state index contributed by atoms with van der Waals surface area (Å²) in [6.07, 6.45) is 6.88. The van der Waals surface area contributed by atoms with Gasteiger partial charge in [-0.2, -0.15) is 0 Å². The van der Waals surface area contributed by atoms with Crippen LogP contribution in [0.3, 0.4) is 0 Å². The Hall–Kier alpha value is -0.340. The van der Waals surface area contributed by atoms with E-state index in [2.05, 4.69) is 13.8 Å². The van der Waals surface area contributed by atoms with Gasteiger partial charge in [-0.15, -0.1) is 0 Å². The minimum atomic E-state index is 0.610. The molecule has 0 saturated heterocycles. The molecule has 0 N–H and O–H groups in total. The lowest BCUT2D eigenvalue weighted by atomic mass is 9.77. The Morgan fingerprint density at radius 3 is 1.94 bits per heavy atom. The van der Waals surface area contributed by atoms with Gasteiger partial charge in [0.2, 0.25) is 0 Å². The van der Waals surface area contributed by atoms with Gasteiger partial charge >= 0.3 is 0 Å². The van der Waals surface area contributed by atoms with Gasteiger partial charge in [0.05, 0.1) is 13.2 Å². The first kappa shape index (κ1) is 14.7. The minimum absolute atomic E-state index is 0.610. The molecule has 0 amide bonds. The van der Waals surface area contributed by atoms with E-state index in [0.29, 0.717) is 5.92 Å². The SMILES string of the molecule is COCC(COC)=C(C(C)C)C1CCCCC1. The zero-order valence-corrected chi connectivity index (χ0v) is 11.9. The molecule has 0 aromatic heterocycles. The lowest BCUT2D eigenvalue weighted by Gasteiger charge is -2.29. The van der Waals surface area contributed by atoms with Gasteiger partial charge in [-0.1, -0.05) is 38.7 Å². The summed E-state index contributed by atoms with van der Waals surface area (Å²) in [6, 6.07) is 0. The van der Waals surface area contributed by atoms with Crippen molar-refractivity contribution in [1.82, 2.24) is 0 Å². The highest BCUT2D eigenvalue weighted by Gasteiger charge is 2.23. The van der Waals surface area contributed by atoms with Crippen LogP contribution in [0.4, 0.5) is 0 Å². The molecule has 1 rings (SSSR count). The summed E-state index contributed by atoms with van der Waals surface area (Å²) < 4.78 is 10.7. The van der Waals surface area contributed by atoms with E-state index in [1.54, 1.807) is 19.8 Å². The molecule has 2 nitrogen and oxygen atoms in total. The fourth-order valence-corrected chi connectivity index (χ4v) is 3.14. The van der Waals surface area contributed by atoms with Crippen LogP contribution >= 0.6 is 0 Å². The fraction of sp³-hybridized carbons (Fsp3) is 0.867. The van der Waals surface area contributed by atoms with Crippen molar-refractivity contribution >= 4 is 0 Å². The Morgan fingerprint density at radius 2 is 1.53 bits per heavy atom. The zero-order chi connectivity index (χ0) is 12.7. The van der Waals surface area contributed by atoms with Crippen LogP contribution in [0.5, 0.6) is 0 Å². The molecule has 100 valence electrons. The molecule has 0 atom stereocenters. The second-order valence-corrected chi connectivity index (χ2v) is 5.41. The molecule has 0 spiro atoms. The standard InChI is InChI=1S/C15H28O2/c1-12(2)15(13-8-6-5-7-9-13)14(10-16-3)11-17-4/h12-13H,5-11H2,1-4H3. The van der Waals surface area contributed by atoms with Crippen LogP contribution in [0, 0.1) is 11.8 Å². The van der Waals surface area contributed by atoms with Crippen LogP contribution in [-0.4, -0.2) is 27.4 Å². The molecule has 0 aromatic carbocycles. The van der Waals surface area contributed by atoms with Gasteiger partial charge in [0.25, 0.3) is 0 Å². The quantitative estimate of drug-likeness (QED) is 0.657. The number of hydrogen-bond acceptors (Lipinski definition) is 2. The lowest BCUT2D eigenvalue weighted by molar-refractivity contribution is 0.176. The fourth-order valence-electron chi connectivity index (χ4n) is 3.14. The molecule has 0 unspecified atom stereocenters. The number of allylic oxidation sites excluding steroid dienone is 1. The van der Waals surface area contributed by atoms with E-state index in [4.69, 9.17) is 9.47 Å². The number of rotatable bonds is 6. The van der Waals surface area contributed by atoms with E-state index in [1.807, 2.05) is 0 Å². The summed E-state index contributed by atoms with van der Waals surface area (Å²) in [7, 11) is 3.54. The minimum Gasteiger partial charge on any atom is -0.380 e. The molecule has 17 heavy (non-hydrogen) atoms. The highest BCUT2D eigenvalue weighted by molar-refractivity contribution is 5.21. The third-order valence-electron chi connectivity index (χ3n) is 3.71. The molecule has 1 saturated carbocycles. The summed E-state index contributed by atoms with van der Waals surface area (Å²) in [5, 5.41) is 0. The highest BCUT2D eigenvalue weighted by atomic mass is 16.5. The molecule has 1 aliphatic carbocycles. The molecular formula is C15H28O2. The number of methoxy groups -OCH3 is 2. The molecule has 0 radical (unpaired) electrons. The second-order valence-electron chi connectivity index (χ2n) is 5.41. The Kier molecular flexibility index (Phi) is 6.83. The molecule has 2 heteroatoms. The van der Waals surface area contributed by atoms with Crippen LogP contribution in [0.2, 0.25) is 0 Å². The van der Waals surface area contributed by atoms with Gasteiger partial charge in [0, 0.05) is 14.2 Å². The Labute approximate surface area is 106 Å². The van der Waals surface area contributed by atoms with Gasteiger partial charge in [0.15, 0.2) is 0 Å². The van der Waals surface area contributed by atoms with Crippen molar-refractivity contribution < 1.29 is 9.47 Å². The Bertz CT molecular complexity index is 229. The summed E-state index contributed by atoms with van der Waals surface area (Å²) >= 11 is 0. The average Bonchev–Trinajstić information content (AvgIpc) is 2.31. The first-order valence-corrected chi connectivity index (χ1v) is 6.90. The molecular weight excluding hydrogens is 212 g/mol. The van der Waals surface area contributed by atoms with Crippen molar-refractivity contribution in [2.24, 2.45) is 11.8 Å². The predicted octanol–water partition coefficient (Wildman–Crippen LogP) is 3.81. The topological polar surface area (TPSA) is 18.5 Å². The van der Waals surface area contributed by atoms with Crippen molar-refractivity contribution in [3.8, 4) is 0 Å². The number of hydrogen-bond donors (Lipinski definition) is 0. The van der Waals surface area contributed by atoms with E-state index >= 15 is 0 Å². The largest absolute Gasteiger partial charge is 0.380 e. The monoisotopic (exact) mass is 240 g/mol. The molecule has 0 heterocycles. The number of ether oxygens (including phenoxy) is 2. The maximum atomic E-state index is 5.34. The van der Waals surface area contributed by atoms with Crippen LogP contribution in [0.15, 0.2) is 11.1 Å². The van der Waals surface area contributed by atoms with Crippen LogP contribution in [0.25, 0.3) is 0 Å². The molecule has 1 aliphatic rings. The maximum Gasteiger partial charge on any atom is 0.0698 e. The summed E-state index contributed by atoms with van der Waals surface area (Å²) in [4.78, 5) is 0. The van der Waals surface area contributed by atoms with Crippen molar-refractivity contribution in [3.05, 3.63) is 11.1 Å². The van der Waals surface area contributed by atoms with Gasteiger partial charge in [-0.25, -0.2) is 0 Å². The van der Waals surface area contributed by atoms with Crippen molar-refractivity contribution in [2.45, 2.75) is 46.0 Å². The first-order valence-electron chi connectivity index (χ1n) is 6.90. The normalized spacial score (nSPS) is 17.5. The summed E-state index contributed by atoms with van der Waals surface area (Å²) in [6.45, 7) is 6.04. The van der Waals surface area contributed by atoms with Gasteiger partial charge in [0.1, 0.15) is 0 Å². The lowest BCUT2D eigenvalue weighted by Crippen LogP contribution is -2.19. The van der Waals surface area contributed by atoms with Gasteiger partial charge < -0.3 is 9.47 Å². The molecule has 1 fully saturated rings. The van der Waals surface area contributed by atoms with Crippen molar-refractivity contribution in [2.75, 3.05) is 27.4 Å². The van der Waals surface area contributed by atoms with E-state index in [9.17, 15) is 0 Å². The molecule has 0 aliphatic heterocycles. The smallest absolute Gasteiger partial charge is 0.0698 e. The average molecular weight is 240 g/mol. The first-order chi connectivity index (χ1) is 8.20. The Morgan fingerprint density at radius 1 is 1.00 bits per heavy atom. The third kappa shape index (κ3) is 4.44. The maximum absolute atomic E-state index is 5.34. The molecule has 0 aromatic rings. The van der Waals surface area contributed by atoms with Crippen molar-refractivity contribution in [3.63, 3.8) is 0 Å². The van der Waals surface area contributed by atoms with Crippen molar-refractivity contribution in [1.29, 1.82) is 0 Å². The third-order valence-corrected chi connectivity index (χ3v) is 3.71. The predicted molar refractivity (Wildman–Crippen MR) is 72.2 cm³/mol. The van der Waals surface area contributed by atoms with Gasteiger partial charge in [-0.3, -0.25) is 0 Å².